The van der Waals surface area contributed by atoms with Crippen LogP contribution in [0.5, 0.6) is 11.6 Å². The number of nitrogen functional groups attached to an aromatic ring is 1. The first-order valence-corrected chi connectivity index (χ1v) is 7.02. The molecule has 0 atom stereocenters. The summed E-state index contributed by atoms with van der Waals surface area (Å²) in [6, 6.07) is 15.7. The molecule has 0 fully saturated rings. The molecule has 1 aromatic heterocycles. The zero-order valence-corrected chi connectivity index (χ0v) is 12.5. The van der Waals surface area contributed by atoms with Gasteiger partial charge in [0.15, 0.2) is 0 Å². The third-order valence-electron chi connectivity index (χ3n) is 3.06. The molecule has 0 aliphatic carbocycles. The minimum atomic E-state index is 0.431. The lowest BCUT2D eigenvalue weighted by atomic mass is 10.1. The molecule has 0 saturated heterocycles. The number of fused-ring (bicyclic) bond motifs is 1. The molecule has 2 N–H and O–H groups in total. The van der Waals surface area contributed by atoms with E-state index in [-0.39, 0.29) is 0 Å². The summed E-state index contributed by atoms with van der Waals surface area (Å²) in [7, 11) is 0. The number of halogens is 1. The monoisotopic (exact) mass is 328 g/mol. The molecule has 0 unspecified atom stereocenters. The first-order chi connectivity index (χ1) is 9.65. The number of aromatic nitrogens is 1. The highest BCUT2D eigenvalue weighted by molar-refractivity contribution is 9.10. The van der Waals surface area contributed by atoms with E-state index >= 15 is 0 Å². The van der Waals surface area contributed by atoms with Crippen LogP contribution in [0, 0.1) is 6.92 Å². The summed E-state index contributed by atoms with van der Waals surface area (Å²) in [5.41, 5.74) is 7.29. The van der Waals surface area contributed by atoms with Crippen molar-refractivity contribution in [1.29, 1.82) is 0 Å². The molecule has 0 saturated carbocycles. The molecule has 1 heterocycles. The Bertz CT molecular complexity index is 787. The van der Waals surface area contributed by atoms with Crippen LogP contribution in [-0.4, -0.2) is 4.98 Å². The van der Waals surface area contributed by atoms with Crippen molar-refractivity contribution < 1.29 is 4.74 Å². The minimum Gasteiger partial charge on any atom is -0.436 e. The van der Waals surface area contributed by atoms with Gasteiger partial charge < -0.3 is 10.5 Å². The van der Waals surface area contributed by atoms with Gasteiger partial charge in [-0.3, -0.25) is 0 Å². The molecule has 0 amide bonds. The summed E-state index contributed by atoms with van der Waals surface area (Å²) in [6.07, 6.45) is 0. The van der Waals surface area contributed by atoms with Gasteiger partial charge in [-0.2, -0.15) is 0 Å². The Morgan fingerprint density at radius 1 is 1.05 bits per heavy atom. The van der Waals surface area contributed by atoms with E-state index in [0.717, 1.165) is 20.9 Å². The summed E-state index contributed by atoms with van der Waals surface area (Å²) in [4.78, 5) is 4.32. The fourth-order valence-corrected chi connectivity index (χ4v) is 2.60. The maximum atomic E-state index is 5.90. The highest BCUT2D eigenvalue weighted by atomic mass is 79.9. The lowest BCUT2D eigenvalue weighted by molar-refractivity contribution is 0.462. The molecule has 0 radical (unpaired) electrons. The van der Waals surface area contributed by atoms with Crippen LogP contribution in [0.15, 0.2) is 53.0 Å². The van der Waals surface area contributed by atoms with Gasteiger partial charge in [-0.25, -0.2) is 4.98 Å². The molecule has 0 bridgehead atoms. The predicted molar refractivity (Wildman–Crippen MR) is 85.1 cm³/mol. The zero-order valence-electron chi connectivity index (χ0n) is 10.9. The van der Waals surface area contributed by atoms with Crippen molar-refractivity contribution in [3.05, 3.63) is 58.7 Å². The highest BCUT2D eigenvalue weighted by Gasteiger charge is 2.10. The van der Waals surface area contributed by atoms with Gasteiger partial charge in [-0.05, 0) is 51.8 Å². The third-order valence-corrected chi connectivity index (χ3v) is 3.88. The van der Waals surface area contributed by atoms with Crippen LogP contribution in [0.3, 0.4) is 0 Å². The van der Waals surface area contributed by atoms with Gasteiger partial charge in [0.1, 0.15) is 5.75 Å². The molecule has 4 heteroatoms. The Hall–Kier alpha value is -2.07. The molecule has 0 aliphatic heterocycles. The smallest absolute Gasteiger partial charge is 0.242 e. The predicted octanol–water partition coefficient (Wildman–Crippen LogP) is 4.68. The highest BCUT2D eigenvalue weighted by Crippen LogP contribution is 2.36. The maximum Gasteiger partial charge on any atom is 0.242 e. The summed E-state index contributed by atoms with van der Waals surface area (Å²) in [5.74, 6) is 1.13. The molecule has 3 aromatic rings. The van der Waals surface area contributed by atoms with E-state index in [2.05, 4.69) is 27.0 Å². The van der Waals surface area contributed by atoms with Crippen LogP contribution in [0.1, 0.15) is 5.69 Å². The molecule has 2 aromatic carbocycles. The first-order valence-electron chi connectivity index (χ1n) is 6.23. The first kappa shape index (κ1) is 12.9. The molecule has 3 nitrogen and oxygen atoms in total. The number of rotatable bonds is 2. The second kappa shape index (κ2) is 5.13. The van der Waals surface area contributed by atoms with Crippen LogP contribution in [0.4, 0.5) is 5.69 Å². The van der Waals surface area contributed by atoms with Gasteiger partial charge in [-0.15, -0.1) is 0 Å². The van der Waals surface area contributed by atoms with Crippen molar-refractivity contribution in [2.24, 2.45) is 0 Å². The number of hydrogen-bond donors (Lipinski definition) is 1. The second-order valence-electron chi connectivity index (χ2n) is 4.55. The van der Waals surface area contributed by atoms with Crippen LogP contribution in [0.2, 0.25) is 0 Å². The molecule has 0 spiro atoms. The van der Waals surface area contributed by atoms with E-state index in [1.807, 2.05) is 43.3 Å². The molecule has 100 valence electrons. The van der Waals surface area contributed by atoms with Crippen molar-refractivity contribution in [1.82, 2.24) is 4.98 Å². The maximum absolute atomic E-state index is 5.90. The Morgan fingerprint density at radius 2 is 1.85 bits per heavy atom. The van der Waals surface area contributed by atoms with Gasteiger partial charge in [-0.1, -0.05) is 30.3 Å². The SMILES string of the molecule is Cc1ccc(N)c(Oc2ccc3ccccc3c2Br)n1. The van der Waals surface area contributed by atoms with Crippen molar-refractivity contribution in [2.75, 3.05) is 5.73 Å². The summed E-state index contributed by atoms with van der Waals surface area (Å²) in [5, 5.41) is 2.24. The van der Waals surface area contributed by atoms with Crippen molar-refractivity contribution in [3.63, 3.8) is 0 Å². The number of benzene rings is 2. The number of hydrogen-bond acceptors (Lipinski definition) is 3. The summed E-state index contributed by atoms with van der Waals surface area (Å²) < 4.78 is 6.75. The normalized spacial score (nSPS) is 10.7. The van der Waals surface area contributed by atoms with Crippen LogP contribution < -0.4 is 10.5 Å². The van der Waals surface area contributed by atoms with Gasteiger partial charge in [0.05, 0.1) is 10.2 Å². The number of anilines is 1. The second-order valence-corrected chi connectivity index (χ2v) is 5.34. The zero-order chi connectivity index (χ0) is 14.1. The van der Waals surface area contributed by atoms with E-state index < -0.39 is 0 Å². The van der Waals surface area contributed by atoms with Crippen LogP contribution in [-0.2, 0) is 0 Å². The van der Waals surface area contributed by atoms with Crippen molar-refractivity contribution >= 4 is 32.4 Å². The van der Waals surface area contributed by atoms with Gasteiger partial charge in [0.2, 0.25) is 5.88 Å². The molecule has 3 rings (SSSR count). The van der Waals surface area contributed by atoms with Crippen molar-refractivity contribution in [3.8, 4) is 11.6 Å². The molecular weight excluding hydrogens is 316 g/mol. The Labute approximate surface area is 125 Å². The van der Waals surface area contributed by atoms with E-state index in [4.69, 9.17) is 10.5 Å². The number of nitrogens with zero attached hydrogens (tertiary/aromatic N) is 1. The lowest BCUT2D eigenvalue weighted by Gasteiger charge is -2.11. The molecule has 20 heavy (non-hydrogen) atoms. The lowest BCUT2D eigenvalue weighted by Crippen LogP contribution is -1.96. The third kappa shape index (κ3) is 2.34. The van der Waals surface area contributed by atoms with Crippen LogP contribution in [0.25, 0.3) is 10.8 Å². The fraction of sp³-hybridized carbons (Fsp3) is 0.0625. The standard InChI is InChI=1S/C16H13BrN2O/c1-10-6-8-13(18)16(19-10)20-14-9-7-11-4-2-3-5-12(11)15(14)17/h2-9H,18H2,1H3. The van der Waals surface area contributed by atoms with E-state index in [1.54, 1.807) is 6.07 Å². The minimum absolute atomic E-state index is 0.431. The Balaban J connectivity index is 2.07. The number of pyridine rings is 1. The summed E-state index contributed by atoms with van der Waals surface area (Å²) in [6.45, 7) is 1.90. The number of aryl methyl sites for hydroxylation is 1. The van der Waals surface area contributed by atoms with Crippen LogP contribution >= 0.6 is 15.9 Å². The number of ether oxygens (including phenoxy) is 1. The Kier molecular flexibility index (Phi) is 3.32. The molecule has 0 aliphatic rings. The van der Waals surface area contributed by atoms with E-state index in [9.17, 15) is 0 Å². The average Bonchev–Trinajstić information content (AvgIpc) is 2.46. The summed E-state index contributed by atoms with van der Waals surface area (Å²) >= 11 is 3.59. The van der Waals surface area contributed by atoms with Crippen molar-refractivity contribution in [2.45, 2.75) is 6.92 Å². The van der Waals surface area contributed by atoms with Gasteiger partial charge in [0, 0.05) is 5.69 Å². The topological polar surface area (TPSA) is 48.1 Å². The Morgan fingerprint density at radius 3 is 2.70 bits per heavy atom. The molecular formula is C16H13BrN2O. The fourth-order valence-electron chi connectivity index (χ4n) is 2.02. The van der Waals surface area contributed by atoms with E-state index in [1.165, 1.54) is 0 Å². The van der Waals surface area contributed by atoms with Gasteiger partial charge >= 0.3 is 0 Å². The number of nitrogens with two attached hydrogens (primary N) is 1. The quantitative estimate of drug-likeness (QED) is 0.742. The average molecular weight is 329 g/mol. The van der Waals surface area contributed by atoms with E-state index in [0.29, 0.717) is 17.3 Å². The van der Waals surface area contributed by atoms with Gasteiger partial charge in [0.25, 0.3) is 0 Å². The largest absolute Gasteiger partial charge is 0.436 e.